The number of imidazole rings is 1. The maximum absolute atomic E-state index is 13.0. The predicted octanol–water partition coefficient (Wildman–Crippen LogP) is 3.84. The van der Waals surface area contributed by atoms with E-state index in [1.807, 2.05) is 26.0 Å². The zero-order valence-corrected chi connectivity index (χ0v) is 20.2. The molecule has 1 atom stereocenters. The summed E-state index contributed by atoms with van der Waals surface area (Å²) in [5, 5.41) is 6.60. The molecule has 4 aromatic rings. The molecule has 9 heteroatoms. The van der Waals surface area contributed by atoms with E-state index in [1.165, 1.54) is 19.3 Å². The minimum Gasteiger partial charge on any atom is -0.324 e. The van der Waals surface area contributed by atoms with Gasteiger partial charge < -0.3 is 9.88 Å². The van der Waals surface area contributed by atoms with E-state index in [0.29, 0.717) is 23.8 Å². The van der Waals surface area contributed by atoms with Crippen LogP contribution in [0.25, 0.3) is 33.8 Å². The first kappa shape index (κ1) is 21.8. The summed E-state index contributed by atoms with van der Waals surface area (Å²) in [6.07, 6.45) is 8.88. The van der Waals surface area contributed by atoms with Gasteiger partial charge in [-0.1, -0.05) is 12.5 Å². The summed E-state index contributed by atoms with van der Waals surface area (Å²) in [7, 11) is 0. The number of aryl methyl sites for hydroxylation is 2. The van der Waals surface area contributed by atoms with Crippen molar-refractivity contribution in [1.82, 2.24) is 34.8 Å². The number of carbonyl (C=O) groups is 1. The first-order valence-electron chi connectivity index (χ1n) is 12.2. The lowest BCUT2D eigenvalue weighted by atomic mass is 9.84. The van der Waals surface area contributed by atoms with Gasteiger partial charge in [0.25, 0.3) is 0 Å². The maximum atomic E-state index is 13.0. The topological polar surface area (TPSA) is 111 Å². The van der Waals surface area contributed by atoms with Crippen molar-refractivity contribution in [2.24, 2.45) is 5.92 Å². The van der Waals surface area contributed by atoms with Gasteiger partial charge in [0, 0.05) is 35.8 Å². The van der Waals surface area contributed by atoms with Crippen LogP contribution >= 0.6 is 0 Å². The molecule has 1 fully saturated rings. The number of hydrogen-bond donors (Lipinski definition) is 2. The summed E-state index contributed by atoms with van der Waals surface area (Å²) in [6.45, 7) is 7.43. The zero-order valence-electron chi connectivity index (χ0n) is 20.2. The van der Waals surface area contributed by atoms with Crippen LogP contribution in [0.4, 0.5) is 5.69 Å². The summed E-state index contributed by atoms with van der Waals surface area (Å²) < 4.78 is 2.05. The average Bonchev–Trinajstić information content (AvgIpc) is 3.33. The van der Waals surface area contributed by atoms with Crippen LogP contribution in [0, 0.1) is 12.8 Å². The van der Waals surface area contributed by atoms with Crippen molar-refractivity contribution >= 4 is 22.8 Å². The number of anilines is 1. The van der Waals surface area contributed by atoms with Crippen molar-refractivity contribution in [3.63, 3.8) is 0 Å². The second kappa shape index (κ2) is 8.20. The molecule has 0 saturated heterocycles. The van der Waals surface area contributed by atoms with E-state index >= 15 is 0 Å². The molecule has 178 valence electrons. The molecular formula is C26H28N8O. The smallest absolute Gasteiger partial charge is 0.249 e. The van der Waals surface area contributed by atoms with E-state index in [9.17, 15) is 4.79 Å². The molecule has 9 nitrogen and oxygen atoms in total. The van der Waals surface area contributed by atoms with E-state index in [-0.39, 0.29) is 5.91 Å². The van der Waals surface area contributed by atoms with Crippen molar-refractivity contribution in [1.29, 1.82) is 0 Å². The molecule has 0 unspecified atom stereocenters. The van der Waals surface area contributed by atoms with Gasteiger partial charge in [0.1, 0.15) is 34.7 Å². The van der Waals surface area contributed by atoms with Gasteiger partial charge in [-0.15, -0.1) is 0 Å². The van der Waals surface area contributed by atoms with E-state index in [0.717, 1.165) is 46.1 Å². The van der Waals surface area contributed by atoms with Crippen LogP contribution in [0.15, 0.2) is 36.9 Å². The fourth-order valence-corrected chi connectivity index (χ4v) is 4.98. The van der Waals surface area contributed by atoms with Gasteiger partial charge in [0.05, 0.1) is 5.56 Å². The van der Waals surface area contributed by atoms with Crippen molar-refractivity contribution in [2.45, 2.75) is 52.1 Å². The van der Waals surface area contributed by atoms with E-state index < -0.39 is 5.54 Å². The minimum atomic E-state index is -0.778. The average molecular weight is 469 g/mol. The third-order valence-corrected chi connectivity index (χ3v) is 7.39. The lowest BCUT2D eigenvalue weighted by Crippen LogP contribution is -2.48. The third-order valence-electron chi connectivity index (χ3n) is 7.39. The highest BCUT2D eigenvalue weighted by atomic mass is 16.2. The Labute approximate surface area is 203 Å². The number of nitrogens with zero attached hydrogens (tertiary/aromatic N) is 6. The predicted molar refractivity (Wildman–Crippen MR) is 134 cm³/mol. The number of amides is 1. The molecule has 1 saturated carbocycles. The highest BCUT2D eigenvalue weighted by molar-refractivity contribution is 6.06. The lowest BCUT2D eigenvalue weighted by molar-refractivity contribution is -0.121. The van der Waals surface area contributed by atoms with Crippen molar-refractivity contribution in [3.8, 4) is 22.6 Å². The number of fused-ring (bicyclic) bond motifs is 2. The van der Waals surface area contributed by atoms with E-state index in [2.05, 4.69) is 48.1 Å². The Balaban J connectivity index is 1.44. The summed E-state index contributed by atoms with van der Waals surface area (Å²) in [6, 6.07) is 6.00. The van der Waals surface area contributed by atoms with Crippen LogP contribution in [0.2, 0.25) is 0 Å². The van der Waals surface area contributed by atoms with Crippen LogP contribution in [0.1, 0.15) is 44.5 Å². The number of rotatable bonds is 6. The van der Waals surface area contributed by atoms with Crippen molar-refractivity contribution < 1.29 is 4.79 Å². The summed E-state index contributed by atoms with van der Waals surface area (Å²) in [5.74, 6) is 2.10. The summed E-state index contributed by atoms with van der Waals surface area (Å²) >= 11 is 0. The zero-order chi connectivity index (χ0) is 24.2. The third kappa shape index (κ3) is 3.49. The van der Waals surface area contributed by atoms with E-state index in [4.69, 9.17) is 4.98 Å². The van der Waals surface area contributed by atoms with Gasteiger partial charge in [-0.25, -0.2) is 24.9 Å². The van der Waals surface area contributed by atoms with Crippen LogP contribution in [0.5, 0.6) is 0 Å². The van der Waals surface area contributed by atoms with E-state index in [1.54, 1.807) is 18.7 Å². The number of benzene rings is 1. The molecule has 1 aliphatic carbocycles. The molecule has 3 aromatic heterocycles. The fourth-order valence-electron chi connectivity index (χ4n) is 4.98. The standard InChI is InChI=1S/C26H28N8O/c1-4-34-23(18-12-27-15(2)28-13-18)33-22-21(29-14-30-24(22)34)17-8-9-20-19(10-17)26(3,25(35)32-20)31-11-16-6-5-7-16/h8-10,12-14,16,31H,4-7,11H2,1-3H3,(H,32,35)/t26-/m0/s1. The van der Waals surface area contributed by atoms with Crippen LogP contribution < -0.4 is 10.6 Å². The Morgan fingerprint density at radius 3 is 2.66 bits per heavy atom. The first-order chi connectivity index (χ1) is 17.0. The highest BCUT2D eigenvalue weighted by Crippen LogP contribution is 2.40. The highest BCUT2D eigenvalue weighted by Gasteiger charge is 2.43. The number of aromatic nitrogens is 6. The number of nitrogens with one attached hydrogen (secondary N) is 2. The molecule has 0 radical (unpaired) electrons. The molecular weight excluding hydrogens is 440 g/mol. The summed E-state index contributed by atoms with van der Waals surface area (Å²) in [5.41, 5.74) is 4.94. The second-order valence-electron chi connectivity index (χ2n) is 9.61. The largest absolute Gasteiger partial charge is 0.324 e. The molecule has 1 aliphatic heterocycles. The van der Waals surface area contributed by atoms with Gasteiger partial charge in [0.2, 0.25) is 5.91 Å². The van der Waals surface area contributed by atoms with Gasteiger partial charge in [-0.05, 0) is 58.2 Å². The fraction of sp³-hybridized carbons (Fsp3) is 0.385. The van der Waals surface area contributed by atoms with Crippen LogP contribution in [-0.4, -0.2) is 41.9 Å². The summed E-state index contributed by atoms with van der Waals surface area (Å²) in [4.78, 5) is 35.8. The van der Waals surface area contributed by atoms with Gasteiger partial charge in [0.15, 0.2) is 5.65 Å². The first-order valence-corrected chi connectivity index (χ1v) is 12.2. The Morgan fingerprint density at radius 1 is 1.14 bits per heavy atom. The van der Waals surface area contributed by atoms with Crippen LogP contribution in [-0.2, 0) is 16.9 Å². The Morgan fingerprint density at radius 2 is 1.94 bits per heavy atom. The van der Waals surface area contributed by atoms with Crippen molar-refractivity contribution in [2.75, 3.05) is 11.9 Å². The quantitative estimate of drug-likeness (QED) is 0.442. The molecule has 0 bridgehead atoms. The lowest BCUT2D eigenvalue weighted by Gasteiger charge is -2.31. The molecule has 0 spiro atoms. The Hall–Kier alpha value is -3.72. The Bertz CT molecular complexity index is 1440. The second-order valence-corrected chi connectivity index (χ2v) is 9.61. The molecule has 35 heavy (non-hydrogen) atoms. The molecule has 6 rings (SSSR count). The van der Waals surface area contributed by atoms with Gasteiger partial charge >= 0.3 is 0 Å². The molecule has 1 aromatic carbocycles. The van der Waals surface area contributed by atoms with Crippen LogP contribution in [0.3, 0.4) is 0 Å². The number of hydrogen-bond acceptors (Lipinski definition) is 7. The monoisotopic (exact) mass is 468 g/mol. The molecule has 4 heterocycles. The normalized spacial score (nSPS) is 19.6. The van der Waals surface area contributed by atoms with Crippen molar-refractivity contribution in [3.05, 3.63) is 48.3 Å². The molecule has 2 aliphatic rings. The Kier molecular flexibility index (Phi) is 5.10. The minimum absolute atomic E-state index is 0.0197. The maximum Gasteiger partial charge on any atom is 0.249 e. The number of carbonyl (C=O) groups excluding carboxylic acids is 1. The SMILES string of the molecule is CCn1c(-c2cnc(C)nc2)nc2c(-c3ccc4c(c3)[C@](C)(NCC3CCC3)C(=O)N4)ncnc21. The van der Waals surface area contributed by atoms with Gasteiger partial charge in [-0.2, -0.15) is 0 Å². The molecule has 1 amide bonds. The van der Waals surface area contributed by atoms with Gasteiger partial charge in [-0.3, -0.25) is 10.1 Å². The molecule has 2 N–H and O–H groups in total.